The minimum Gasteiger partial charge on any atom is -0.468 e. The zero-order valence-corrected chi connectivity index (χ0v) is 13.3. The highest BCUT2D eigenvalue weighted by atomic mass is 32.2. The molecule has 1 N–H and O–H groups in total. The average molecular weight is 299 g/mol. The van der Waals surface area contributed by atoms with Crippen LogP contribution in [0.15, 0.2) is 5.16 Å². The van der Waals surface area contributed by atoms with E-state index in [0.717, 1.165) is 6.42 Å². The van der Waals surface area contributed by atoms with Gasteiger partial charge in [0.25, 0.3) is 0 Å². The van der Waals surface area contributed by atoms with E-state index in [9.17, 15) is 4.79 Å². The van der Waals surface area contributed by atoms with Gasteiger partial charge in [-0.2, -0.15) is 15.0 Å². The lowest BCUT2D eigenvalue weighted by Gasteiger charge is -2.15. The Morgan fingerprint density at radius 1 is 1.40 bits per heavy atom. The number of nitrogens with one attached hydrogen (secondary N) is 1. The van der Waals surface area contributed by atoms with Gasteiger partial charge in [-0.1, -0.05) is 18.7 Å². The van der Waals surface area contributed by atoms with Crippen molar-refractivity contribution in [3.8, 4) is 0 Å². The lowest BCUT2D eigenvalue weighted by Crippen LogP contribution is -2.19. The quantitative estimate of drug-likeness (QED) is 0.598. The molecule has 112 valence electrons. The van der Waals surface area contributed by atoms with E-state index in [1.54, 1.807) is 4.90 Å². The first-order valence-electron chi connectivity index (χ1n) is 6.35. The van der Waals surface area contributed by atoms with Crippen LogP contribution < -0.4 is 10.2 Å². The van der Waals surface area contributed by atoms with Crippen LogP contribution in [0, 0.1) is 0 Å². The zero-order chi connectivity index (χ0) is 15.1. The number of anilines is 2. The molecule has 8 heteroatoms. The molecule has 0 aliphatic heterocycles. The monoisotopic (exact) mass is 299 g/mol. The van der Waals surface area contributed by atoms with Gasteiger partial charge in [0.1, 0.15) is 0 Å². The highest BCUT2D eigenvalue weighted by Gasteiger charge is 2.12. The first kappa shape index (κ1) is 16.5. The fourth-order valence-electron chi connectivity index (χ4n) is 1.18. The van der Waals surface area contributed by atoms with Gasteiger partial charge in [-0.05, 0) is 13.3 Å². The third kappa shape index (κ3) is 5.20. The normalized spacial score (nSPS) is 11.8. The molecule has 0 aliphatic carbocycles. The summed E-state index contributed by atoms with van der Waals surface area (Å²) in [6.45, 7) is 4.14. The van der Waals surface area contributed by atoms with Crippen LogP contribution in [-0.4, -0.2) is 53.9 Å². The van der Waals surface area contributed by atoms with Crippen molar-refractivity contribution in [2.75, 3.05) is 37.2 Å². The van der Waals surface area contributed by atoms with Gasteiger partial charge in [0, 0.05) is 20.1 Å². The fourth-order valence-corrected chi connectivity index (χ4v) is 1.84. The molecule has 0 saturated heterocycles. The molecule has 0 aromatic carbocycles. The van der Waals surface area contributed by atoms with Crippen molar-refractivity contribution in [2.45, 2.75) is 31.5 Å². The van der Waals surface area contributed by atoms with Crippen molar-refractivity contribution in [3.05, 3.63) is 0 Å². The summed E-state index contributed by atoms with van der Waals surface area (Å²) >= 11 is 1.23. The standard InChI is InChI=1S/C12H21N5O2S/c1-6-8(2)13-10-14-11(17(3)4)16-12(15-10)20-7-9(18)19-5/h8H,6-7H2,1-5H3,(H,13,14,15,16)/t8-/m0/s1. The number of hydrogen-bond acceptors (Lipinski definition) is 8. The molecule has 0 bridgehead atoms. The molecule has 0 fully saturated rings. The Morgan fingerprint density at radius 3 is 2.65 bits per heavy atom. The van der Waals surface area contributed by atoms with Crippen LogP contribution in [0.25, 0.3) is 0 Å². The maximum absolute atomic E-state index is 11.2. The van der Waals surface area contributed by atoms with Crippen molar-refractivity contribution in [1.82, 2.24) is 15.0 Å². The molecule has 1 rings (SSSR count). The van der Waals surface area contributed by atoms with E-state index in [0.29, 0.717) is 17.1 Å². The zero-order valence-electron chi connectivity index (χ0n) is 12.5. The lowest BCUT2D eigenvalue weighted by atomic mass is 10.3. The maximum Gasteiger partial charge on any atom is 0.316 e. The Labute approximate surface area is 123 Å². The van der Waals surface area contributed by atoms with Crippen LogP contribution in [0.1, 0.15) is 20.3 Å². The summed E-state index contributed by atoms with van der Waals surface area (Å²) in [6, 6.07) is 0.269. The molecule has 0 unspecified atom stereocenters. The molecule has 1 atom stereocenters. The topological polar surface area (TPSA) is 80.2 Å². The predicted octanol–water partition coefficient (Wildman–Crippen LogP) is 1.41. The highest BCUT2D eigenvalue weighted by molar-refractivity contribution is 7.99. The van der Waals surface area contributed by atoms with Gasteiger partial charge in [-0.3, -0.25) is 4.79 Å². The summed E-state index contributed by atoms with van der Waals surface area (Å²) in [5, 5.41) is 3.71. The van der Waals surface area contributed by atoms with Crippen molar-refractivity contribution in [2.24, 2.45) is 0 Å². The number of thioether (sulfide) groups is 1. The van der Waals surface area contributed by atoms with E-state index >= 15 is 0 Å². The Bertz CT molecular complexity index is 455. The van der Waals surface area contributed by atoms with Crippen molar-refractivity contribution in [1.29, 1.82) is 0 Å². The minimum absolute atomic E-state index is 0.177. The van der Waals surface area contributed by atoms with Gasteiger partial charge in [0.05, 0.1) is 12.9 Å². The van der Waals surface area contributed by atoms with Gasteiger partial charge in [0.2, 0.25) is 11.9 Å². The molecule has 0 radical (unpaired) electrons. The number of carbonyl (C=O) groups excluding carboxylic acids is 1. The smallest absolute Gasteiger partial charge is 0.316 e. The molecule has 1 aromatic rings. The number of esters is 1. The molecule has 0 aliphatic rings. The molecule has 0 saturated carbocycles. The Kier molecular flexibility index (Phi) is 6.50. The van der Waals surface area contributed by atoms with Crippen LogP contribution >= 0.6 is 11.8 Å². The highest BCUT2D eigenvalue weighted by Crippen LogP contribution is 2.18. The Morgan fingerprint density at radius 2 is 2.10 bits per heavy atom. The summed E-state index contributed by atoms with van der Waals surface area (Å²) in [7, 11) is 5.08. The summed E-state index contributed by atoms with van der Waals surface area (Å²) in [5.41, 5.74) is 0. The number of nitrogens with zero attached hydrogens (tertiary/aromatic N) is 4. The second kappa shape index (κ2) is 7.88. The second-order valence-corrected chi connectivity index (χ2v) is 5.40. The number of rotatable bonds is 7. The molecular weight excluding hydrogens is 278 g/mol. The predicted molar refractivity (Wildman–Crippen MR) is 80.3 cm³/mol. The first-order chi connectivity index (χ1) is 9.46. The van der Waals surface area contributed by atoms with Crippen LogP contribution in [-0.2, 0) is 9.53 Å². The van der Waals surface area contributed by atoms with Crippen LogP contribution in [0.3, 0.4) is 0 Å². The largest absolute Gasteiger partial charge is 0.468 e. The van der Waals surface area contributed by atoms with Crippen LogP contribution in [0.5, 0.6) is 0 Å². The van der Waals surface area contributed by atoms with Gasteiger partial charge in [-0.25, -0.2) is 0 Å². The number of aromatic nitrogens is 3. The van der Waals surface area contributed by atoms with Crippen LogP contribution in [0.2, 0.25) is 0 Å². The van der Waals surface area contributed by atoms with Crippen molar-refractivity contribution < 1.29 is 9.53 Å². The number of hydrogen-bond donors (Lipinski definition) is 1. The Balaban J connectivity index is 2.89. The van der Waals surface area contributed by atoms with E-state index in [2.05, 4.69) is 38.9 Å². The summed E-state index contributed by atoms with van der Waals surface area (Å²) < 4.78 is 4.60. The molecular formula is C12H21N5O2S. The molecule has 1 aromatic heterocycles. The summed E-state index contributed by atoms with van der Waals surface area (Å²) in [5.74, 6) is 0.942. The molecule has 1 heterocycles. The van der Waals surface area contributed by atoms with Crippen molar-refractivity contribution in [3.63, 3.8) is 0 Å². The summed E-state index contributed by atoms with van der Waals surface area (Å²) in [6.07, 6.45) is 0.966. The SMILES string of the molecule is CC[C@H](C)Nc1nc(SCC(=O)OC)nc(N(C)C)n1. The Hall–Kier alpha value is -1.57. The van der Waals surface area contributed by atoms with Gasteiger partial charge < -0.3 is 15.0 Å². The molecule has 7 nitrogen and oxygen atoms in total. The molecule has 0 spiro atoms. The third-order valence-corrected chi connectivity index (χ3v) is 3.36. The number of methoxy groups -OCH3 is 1. The van der Waals surface area contributed by atoms with E-state index in [-0.39, 0.29) is 17.8 Å². The lowest BCUT2D eigenvalue weighted by molar-refractivity contribution is -0.137. The third-order valence-electron chi connectivity index (χ3n) is 2.54. The number of carbonyl (C=O) groups is 1. The second-order valence-electron chi connectivity index (χ2n) is 4.45. The van der Waals surface area contributed by atoms with E-state index in [1.165, 1.54) is 18.9 Å². The van der Waals surface area contributed by atoms with Gasteiger partial charge in [0.15, 0.2) is 5.16 Å². The van der Waals surface area contributed by atoms with E-state index in [4.69, 9.17) is 0 Å². The minimum atomic E-state index is -0.307. The van der Waals surface area contributed by atoms with Crippen molar-refractivity contribution >= 4 is 29.6 Å². The average Bonchev–Trinajstić information content (AvgIpc) is 2.44. The van der Waals surface area contributed by atoms with E-state index in [1.807, 2.05) is 14.1 Å². The van der Waals surface area contributed by atoms with E-state index < -0.39 is 0 Å². The van der Waals surface area contributed by atoms with Gasteiger partial charge in [-0.15, -0.1) is 0 Å². The fraction of sp³-hybridized carbons (Fsp3) is 0.667. The maximum atomic E-state index is 11.2. The summed E-state index contributed by atoms with van der Waals surface area (Å²) in [4.78, 5) is 25.9. The van der Waals surface area contributed by atoms with Crippen LogP contribution in [0.4, 0.5) is 11.9 Å². The number of ether oxygens (including phenoxy) is 1. The molecule has 20 heavy (non-hydrogen) atoms. The molecule has 0 amide bonds. The first-order valence-corrected chi connectivity index (χ1v) is 7.34. The van der Waals surface area contributed by atoms with Gasteiger partial charge >= 0.3 is 5.97 Å².